The maximum Gasteiger partial charge on any atom is 0.342 e. The molecule has 5 nitrogen and oxygen atoms in total. The SMILES string of the molecule is CCCCCC[C@@H]1OC(=O)[C@]2([C@@]3(C(=O)OC)CC4c5ccccc5C3c3ccccc34)O[C@H]12. The summed E-state index contributed by atoms with van der Waals surface area (Å²) in [7, 11) is 1.42. The van der Waals surface area contributed by atoms with Crippen molar-refractivity contribution in [1.82, 2.24) is 0 Å². The van der Waals surface area contributed by atoms with Crippen molar-refractivity contribution < 1.29 is 23.8 Å². The van der Waals surface area contributed by atoms with E-state index in [4.69, 9.17) is 14.2 Å². The first-order valence-electron chi connectivity index (χ1n) is 12.2. The van der Waals surface area contributed by atoms with Gasteiger partial charge in [0.15, 0.2) is 0 Å². The number of methoxy groups -OCH3 is 1. The van der Waals surface area contributed by atoms with Crippen LogP contribution in [0.25, 0.3) is 0 Å². The largest absolute Gasteiger partial charge is 0.468 e. The van der Waals surface area contributed by atoms with Gasteiger partial charge in [-0.15, -0.1) is 0 Å². The summed E-state index contributed by atoms with van der Waals surface area (Å²) in [5.41, 5.74) is 2.27. The van der Waals surface area contributed by atoms with E-state index in [2.05, 4.69) is 31.2 Å². The highest BCUT2D eigenvalue weighted by molar-refractivity contribution is 5.98. The first kappa shape index (κ1) is 20.9. The molecule has 5 aliphatic rings. The summed E-state index contributed by atoms with van der Waals surface area (Å²) in [6.07, 6.45) is 5.01. The molecule has 3 aliphatic carbocycles. The van der Waals surface area contributed by atoms with Crippen LogP contribution in [0.4, 0.5) is 0 Å². The van der Waals surface area contributed by atoms with Gasteiger partial charge in [-0.1, -0.05) is 74.7 Å². The van der Waals surface area contributed by atoms with Crippen LogP contribution >= 0.6 is 0 Å². The fourth-order valence-electron chi connectivity index (χ4n) is 7.09. The first-order chi connectivity index (χ1) is 16.1. The number of hydrogen-bond acceptors (Lipinski definition) is 5. The molecule has 0 saturated carbocycles. The highest BCUT2D eigenvalue weighted by Gasteiger charge is 2.86. The van der Waals surface area contributed by atoms with E-state index < -0.39 is 11.0 Å². The Hall–Kier alpha value is -2.66. The third-order valence-electron chi connectivity index (χ3n) is 8.49. The summed E-state index contributed by atoms with van der Waals surface area (Å²) in [5, 5.41) is 0. The molecule has 0 unspecified atom stereocenters. The lowest BCUT2D eigenvalue weighted by molar-refractivity contribution is -0.174. The minimum Gasteiger partial charge on any atom is -0.468 e. The summed E-state index contributed by atoms with van der Waals surface area (Å²) >= 11 is 0. The molecule has 4 atom stereocenters. The van der Waals surface area contributed by atoms with E-state index in [0.29, 0.717) is 6.42 Å². The van der Waals surface area contributed by atoms with Gasteiger partial charge in [0.1, 0.15) is 17.6 Å². The summed E-state index contributed by atoms with van der Waals surface area (Å²) in [6.45, 7) is 2.18. The molecule has 0 aromatic heterocycles. The Morgan fingerprint density at radius 1 is 1.00 bits per heavy atom. The van der Waals surface area contributed by atoms with Crippen LogP contribution in [0.1, 0.15) is 79.5 Å². The number of rotatable bonds is 7. The number of epoxide rings is 1. The summed E-state index contributed by atoms with van der Waals surface area (Å²) in [4.78, 5) is 27.3. The maximum atomic E-state index is 13.8. The Morgan fingerprint density at radius 2 is 1.64 bits per heavy atom. The standard InChI is InChI=1S/C28H30O5/c1-3-4-5-6-15-22-24-28(33-24,26(30)32-22)27(25(29)31-2)16-21-17-11-7-9-13-19(17)23(27)20-14-10-8-12-18(20)21/h7-14,21-24H,3-6,15-16H2,1-2H3/t21?,22-,23?,24+,27-,28+/m0/s1. The predicted octanol–water partition coefficient (Wildman–Crippen LogP) is 4.86. The van der Waals surface area contributed by atoms with Crippen molar-refractivity contribution in [2.45, 2.75) is 75.1 Å². The molecule has 0 N–H and O–H groups in total. The lowest BCUT2D eigenvalue weighted by Gasteiger charge is -2.52. The molecule has 2 aromatic rings. The van der Waals surface area contributed by atoms with E-state index in [-0.39, 0.29) is 36.0 Å². The Bertz CT molecular complexity index is 1080. The van der Waals surface area contributed by atoms with Gasteiger partial charge < -0.3 is 14.2 Å². The van der Waals surface area contributed by atoms with E-state index in [1.807, 2.05) is 24.3 Å². The van der Waals surface area contributed by atoms with E-state index in [0.717, 1.165) is 36.8 Å². The lowest BCUT2D eigenvalue weighted by Crippen LogP contribution is -2.58. The third kappa shape index (κ3) is 2.57. The maximum absolute atomic E-state index is 13.8. The highest BCUT2D eigenvalue weighted by Crippen LogP contribution is 2.72. The van der Waals surface area contributed by atoms with E-state index in [1.54, 1.807) is 0 Å². The van der Waals surface area contributed by atoms with E-state index in [9.17, 15) is 9.59 Å². The fraction of sp³-hybridized carbons (Fsp3) is 0.500. The second-order valence-corrected chi connectivity index (χ2v) is 9.98. The van der Waals surface area contributed by atoms with Crippen molar-refractivity contribution in [3.8, 4) is 0 Å². The Balaban J connectivity index is 1.47. The van der Waals surface area contributed by atoms with Gasteiger partial charge in [-0.2, -0.15) is 0 Å². The number of unbranched alkanes of at least 4 members (excludes halogenated alkanes) is 3. The van der Waals surface area contributed by atoms with Gasteiger partial charge in [-0.25, -0.2) is 4.79 Å². The molecule has 0 radical (unpaired) electrons. The van der Waals surface area contributed by atoms with Gasteiger partial charge in [0.25, 0.3) is 0 Å². The predicted molar refractivity (Wildman–Crippen MR) is 122 cm³/mol. The molecular formula is C28H30O5. The zero-order valence-electron chi connectivity index (χ0n) is 19.2. The summed E-state index contributed by atoms with van der Waals surface area (Å²) in [5.74, 6) is -1.05. The number of carbonyl (C=O) groups is 2. The van der Waals surface area contributed by atoms with Gasteiger partial charge in [0.2, 0.25) is 5.60 Å². The smallest absolute Gasteiger partial charge is 0.342 e. The van der Waals surface area contributed by atoms with Crippen LogP contribution in [0.5, 0.6) is 0 Å². The second kappa shape index (κ2) is 7.42. The monoisotopic (exact) mass is 446 g/mol. The zero-order valence-corrected chi connectivity index (χ0v) is 19.2. The molecule has 2 aromatic carbocycles. The van der Waals surface area contributed by atoms with Gasteiger partial charge in [0.05, 0.1) is 7.11 Å². The molecule has 2 aliphatic heterocycles. The van der Waals surface area contributed by atoms with Gasteiger partial charge in [0, 0.05) is 11.8 Å². The van der Waals surface area contributed by atoms with Crippen molar-refractivity contribution in [2.75, 3.05) is 7.11 Å². The molecule has 5 heteroatoms. The third-order valence-corrected chi connectivity index (χ3v) is 8.49. The number of hydrogen-bond donors (Lipinski definition) is 0. The molecule has 7 rings (SSSR count). The van der Waals surface area contributed by atoms with Crippen LogP contribution in [0, 0.1) is 5.41 Å². The van der Waals surface area contributed by atoms with Crippen molar-refractivity contribution in [1.29, 1.82) is 0 Å². The molecule has 0 spiro atoms. The average molecular weight is 447 g/mol. The Kier molecular flexibility index (Phi) is 4.70. The number of benzene rings is 2. The van der Waals surface area contributed by atoms with Crippen molar-refractivity contribution in [3.05, 3.63) is 70.8 Å². The van der Waals surface area contributed by atoms with Crippen LogP contribution in [0.2, 0.25) is 0 Å². The Morgan fingerprint density at radius 3 is 2.21 bits per heavy atom. The zero-order chi connectivity index (χ0) is 22.8. The number of esters is 2. The summed E-state index contributed by atoms with van der Waals surface area (Å²) in [6, 6.07) is 16.6. The van der Waals surface area contributed by atoms with E-state index in [1.165, 1.54) is 24.7 Å². The minimum absolute atomic E-state index is 0.0112. The number of cyclic esters (lactones) is 1. The van der Waals surface area contributed by atoms with Crippen molar-refractivity contribution in [3.63, 3.8) is 0 Å². The molecular weight excluding hydrogens is 416 g/mol. The molecule has 33 heavy (non-hydrogen) atoms. The lowest BCUT2D eigenvalue weighted by atomic mass is 9.47. The van der Waals surface area contributed by atoms with Crippen molar-refractivity contribution in [2.24, 2.45) is 5.41 Å². The van der Waals surface area contributed by atoms with Crippen LogP contribution in [-0.2, 0) is 23.8 Å². The number of carbonyl (C=O) groups excluding carboxylic acids is 2. The highest BCUT2D eigenvalue weighted by atomic mass is 16.7. The van der Waals surface area contributed by atoms with Crippen LogP contribution < -0.4 is 0 Å². The molecule has 2 fully saturated rings. The van der Waals surface area contributed by atoms with Gasteiger partial charge >= 0.3 is 11.9 Å². The average Bonchev–Trinajstić information content (AvgIpc) is 3.56. The quantitative estimate of drug-likeness (QED) is 0.345. The van der Waals surface area contributed by atoms with Gasteiger partial charge in [-0.3, -0.25) is 4.79 Å². The number of ether oxygens (including phenoxy) is 3. The van der Waals surface area contributed by atoms with E-state index >= 15 is 0 Å². The van der Waals surface area contributed by atoms with Crippen LogP contribution in [0.15, 0.2) is 48.5 Å². The Labute approximate surface area is 194 Å². The number of fused-ring (bicyclic) bond motifs is 3. The molecule has 2 bridgehead atoms. The first-order valence-corrected chi connectivity index (χ1v) is 12.2. The van der Waals surface area contributed by atoms with Crippen LogP contribution in [-0.4, -0.2) is 36.9 Å². The fourth-order valence-corrected chi connectivity index (χ4v) is 7.09. The second-order valence-electron chi connectivity index (χ2n) is 9.98. The molecule has 0 amide bonds. The topological polar surface area (TPSA) is 65.1 Å². The minimum atomic E-state index is -1.26. The molecule has 172 valence electrons. The summed E-state index contributed by atoms with van der Waals surface area (Å²) < 4.78 is 17.6. The van der Waals surface area contributed by atoms with Crippen LogP contribution in [0.3, 0.4) is 0 Å². The molecule has 2 saturated heterocycles. The van der Waals surface area contributed by atoms with Crippen molar-refractivity contribution >= 4 is 11.9 Å². The van der Waals surface area contributed by atoms with Gasteiger partial charge in [-0.05, 0) is 41.5 Å². The molecule has 2 heterocycles. The normalized spacial score (nSPS) is 34.8.